The minimum Gasteiger partial charge on any atom is -0.468 e. The van der Waals surface area contributed by atoms with Crippen LogP contribution in [0.3, 0.4) is 0 Å². The summed E-state index contributed by atoms with van der Waals surface area (Å²) in [6, 6.07) is 19.5. The SMILES string of the molecule is COC(=O)[C@H]1[C@H]2C(=CC(=O)[C@@H]2c2ccccc2)CN1[C@@H](C)c1ccccc1. The minimum absolute atomic E-state index is 0.0494. The van der Waals surface area contributed by atoms with Gasteiger partial charge in [0, 0.05) is 18.5 Å². The topological polar surface area (TPSA) is 46.6 Å². The summed E-state index contributed by atoms with van der Waals surface area (Å²) in [6.45, 7) is 2.71. The Hall–Kier alpha value is -2.72. The van der Waals surface area contributed by atoms with Crippen molar-refractivity contribution in [2.45, 2.75) is 24.9 Å². The molecule has 0 aromatic heterocycles. The number of carbonyl (C=O) groups is 2. The van der Waals surface area contributed by atoms with Gasteiger partial charge in [-0.15, -0.1) is 0 Å². The summed E-state index contributed by atoms with van der Waals surface area (Å²) in [5, 5.41) is 0. The van der Waals surface area contributed by atoms with Crippen LogP contribution in [0, 0.1) is 5.92 Å². The van der Waals surface area contributed by atoms with Gasteiger partial charge in [0.25, 0.3) is 0 Å². The zero-order valence-corrected chi connectivity index (χ0v) is 15.5. The Morgan fingerprint density at radius 2 is 1.70 bits per heavy atom. The molecule has 0 bridgehead atoms. The van der Waals surface area contributed by atoms with Crippen LogP contribution in [-0.4, -0.2) is 36.3 Å². The van der Waals surface area contributed by atoms with E-state index in [4.69, 9.17) is 4.74 Å². The van der Waals surface area contributed by atoms with E-state index in [1.165, 1.54) is 7.11 Å². The number of hydrogen-bond acceptors (Lipinski definition) is 4. The van der Waals surface area contributed by atoms with E-state index in [0.717, 1.165) is 16.7 Å². The highest BCUT2D eigenvalue weighted by atomic mass is 16.5. The highest BCUT2D eigenvalue weighted by Gasteiger charge is 2.53. The Kier molecular flexibility index (Phi) is 4.66. The number of methoxy groups -OCH3 is 1. The molecule has 4 heteroatoms. The second-order valence-corrected chi connectivity index (χ2v) is 7.26. The standard InChI is InChI=1S/C23H23NO3/c1-15(16-9-5-3-6-10-16)24-14-18-13-19(25)20(17-11-7-4-8-12-17)21(18)22(24)23(26)27-2/h3-13,15,20-22H,14H2,1-2H3/t15-,20-,21-,22+/m0/s1. The Morgan fingerprint density at radius 3 is 2.33 bits per heavy atom. The van der Waals surface area contributed by atoms with Gasteiger partial charge in [-0.1, -0.05) is 60.7 Å². The van der Waals surface area contributed by atoms with Crippen molar-refractivity contribution in [1.29, 1.82) is 0 Å². The molecule has 1 heterocycles. The van der Waals surface area contributed by atoms with Crippen molar-refractivity contribution >= 4 is 11.8 Å². The summed E-state index contributed by atoms with van der Waals surface area (Å²) in [4.78, 5) is 27.7. The third kappa shape index (κ3) is 3.00. The van der Waals surface area contributed by atoms with Crippen LogP contribution in [0.5, 0.6) is 0 Å². The van der Waals surface area contributed by atoms with E-state index in [2.05, 4.69) is 24.0 Å². The van der Waals surface area contributed by atoms with Gasteiger partial charge in [-0.2, -0.15) is 0 Å². The molecular weight excluding hydrogens is 338 g/mol. The molecule has 1 aliphatic carbocycles. The van der Waals surface area contributed by atoms with Crippen molar-refractivity contribution in [3.05, 3.63) is 83.4 Å². The number of ether oxygens (including phenoxy) is 1. The number of esters is 1. The molecule has 4 atom stereocenters. The molecule has 138 valence electrons. The van der Waals surface area contributed by atoms with Crippen molar-refractivity contribution in [2.75, 3.05) is 13.7 Å². The van der Waals surface area contributed by atoms with Crippen LogP contribution in [0.15, 0.2) is 72.3 Å². The molecule has 0 radical (unpaired) electrons. The van der Waals surface area contributed by atoms with Crippen LogP contribution in [0.1, 0.15) is 30.0 Å². The second kappa shape index (κ2) is 7.12. The lowest BCUT2D eigenvalue weighted by atomic mass is 9.82. The lowest BCUT2D eigenvalue weighted by molar-refractivity contribution is -0.148. The lowest BCUT2D eigenvalue weighted by Crippen LogP contribution is -2.43. The van der Waals surface area contributed by atoms with Gasteiger partial charge in [0.05, 0.1) is 13.0 Å². The number of hydrogen-bond donors (Lipinski definition) is 0. The Labute approximate surface area is 159 Å². The van der Waals surface area contributed by atoms with Gasteiger partial charge in [-0.05, 0) is 29.7 Å². The number of allylic oxidation sites excluding steroid dienone is 1. The van der Waals surface area contributed by atoms with Crippen LogP contribution < -0.4 is 0 Å². The zero-order chi connectivity index (χ0) is 19.0. The molecule has 4 rings (SSSR count). The first-order valence-electron chi connectivity index (χ1n) is 9.29. The van der Waals surface area contributed by atoms with E-state index in [1.807, 2.05) is 48.5 Å². The summed E-state index contributed by atoms with van der Waals surface area (Å²) < 4.78 is 5.16. The molecule has 1 aliphatic heterocycles. The van der Waals surface area contributed by atoms with Gasteiger partial charge in [-0.3, -0.25) is 14.5 Å². The Morgan fingerprint density at radius 1 is 1.07 bits per heavy atom. The van der Waals surface area contributed by atoms with E-state index in [0.29, 0.717) is 6.54 Å². The van der Waals surface area contributed by atoms with E-state index in [9.17, 15) is 9.59 Å². The first kappa shape index (κ1) is 17.7. The molecule has 0 N–H and O–H groups in total. The van der Waals surface area contributed by atoms with E-state index >= 15 is 0 Å². The maximum absolute atomic E-state index is 12.8. The number of carbonyl (C=O) groups excluding carboxylic acids is 2. The van der Waals surface area contributed by atoms with Crippen molar-refractivity contribution < 1.29 is 14.3 Å². The van der Waals surface area contributed by atoms with Crippen LogP contribution in [0.4, 0.5) is 0 Å². The number of fused-ring (bicyclic) bond motifs is 1. The number of nitrogens with zero attached hydrogens (tertiary/aromatic N) is 1. The highest BCUT2D eigenvalue weighted by molar-refractivity contribution is 6.01. The van der Waals surface area contributed by atoms with Gasteiger partial charge >= 0.3 is 5.97 Å². The third-order valence-electron chi connectivity index (χ3n) is 5.86. The fraction of sp³-hybridized carbons (Fsp3) is 0.304. The molecular formula is C23H23NO3. The van der Waals surface area contributed by atoms with E-state index in [-0.39, 0.29) is 29.6 Å². The molecule has 1 fully saturated rings. The third-order valence-corrected chi connectivity index (χ3v) is 5.86. The van der Waals surface area contributed by atoms with E-state index in [1.54, 1.807) is 6.08 Å². The second-order valence-electron chi connectivity index (χ2n) is 7.26. The molecule has 0 unspecified atom stereocenters. The number of benzene rings is 2. The first-order chi connectivity index (χ1) is 13.1. The predicted octanol–water partition coefficient (Wildman–Crippen LogP) is 3.51. The molecule has 0 amide bonds. The summed E-state index contributed by atoms with van der Waals surface area (Å²) >= 11 is 0. The molecule has 1 saturated heterocycles. The molecule has 0 saturated carbocycles. The predicted molar refractivity (Wildman–Crippen MR) is 103 cm³/mol. The maximum Gasteiger partial charge on any atom is 0.323 e. The monoisotopic (exact) mass is 361 g/mol. The maximum atomic E-state index is 12.8. The van der Waals surface area contributed by atoms with Crippen LogP contribution >= 0.6 is 0 Å². The van der Waals surface area contributed by atoms with Gasteiger partial charge < -0.3 is 4.74 Å². The van der Waals surface area contributed by atoms with Gasteiger partial charge in [0.2, 0.25) is 0 Å². The molecule has 2 aromatic carbocycles. The van der Waals surface area contributed by atoms with Crippen molar-refractivity contribution in [1.82, 2.24) is 4.90 Å². The quantitative estimate of drug-likeness (QED) is 0.782. The highest BCUT2D eigenvalue weighted by Crippen LogP contribution is 2.48. The first-order valence-corrected chi connectivity index (χ1v) is 9.29. The minimum atomic E-state index is -0.465. The smallest absolute Gasteiger partial charge is 0.323 e. The Balaban J connectivity index is 1.73. The molecule has 2 aromatic rings. The van der Waals surface area contributed by atoms with Crippen molar-refractivity contribution in [2.24, 2.45) is 5.92 Å². The summed E-state index contributed by atoms with van der Waals surface area (Å²) in [5.74, 6) is -0.680. The lowest BCUT2D eigenvalue weighted by Gasteiger charge is -2.32. The average molecular weight is 361 g/mol. The molecule has 4 nitrogen and oxygen atoms in total. The van der Waals surface area contributed by atoms with Crippen LogP contribution in [-0.2, 0) is 14.3 Å². The average Bonchev–Trinajstić information content (AvgIpc) is 3.22. The van der Waals surface area contributed by atoms with Crippen LogP contribution in [0.2, 0.25) is 0 Å². The summed E-state index contributed by atoms with van der Waals surface area (Å²) in [6.07, 6.45) is 1.75. The van der Waals surface area contributed by atoms with Crippen molar-refractivity contribution in [3.63, 3.8) is 0 Å². The zero-order valence-electron chi connectivity index (χ0n) is 15.5. The van der Waals surface area contributed by atoms with Gasteiger partial charge in [0.1, 0.15) is 6.04 Å². The largest absolute Gasteiger partial charge is 0.468 e. The fourth-order valence-electron chi connectivity index (χ4n) is 4.55. The normalized spacial score (nSPS) is 25.8. The fourth-order valence-corrected chi connectivity index (χ4v) is 4.55. The summed E-state index contributed by atoms with van der Waals surface area (Å²) in [7, 11) is 1.42. The molecule has 27 heavy (non-hydrogen) atoms. The molecule has 2 aliphatic rings. The van der Waals surface area contributed by atoms with Crippen molar-refractivity contribution in [3.8, 4) is 0 Å². The number of ketones is 1. The van der Waals surface area contributed by atoms with E-state index < -0.39 is 6.04 Å². The van der Waals surface area contributed by atoms with Gasteiger partial charge in [-0.25, -0.2) is 0 Å². The molecule has 0 spiro atoms. The van der Waals surface area contributed by atoms with Gasteiger partial charge in [0.15, 0.2) is 5.78 Å². The summed E-state index contributed by atoms with van der Waals surface area (Å²) in [5.41, 5.74) is 3.14. The number of rotatable bonds is 4. The Bertz CT molecular complexity index is 875. The number of likely N-dealkylation sites (tertiary alicyclic amines) is 1. The van der Waals surface area contributed by atoms with Crippen LogP contribution in [0.25, 0.3) is 0 Å².